The lowest BCUT2D eigenvalue weighted by atomic mass is 10.0. The van der Waals surface area contributed by atoms with E-state index in [-0.39, 0.29) is 17.7 Å². The zero-order valence-electron chi connectivity index (χ0n) is 16.5. The quantitative estimate of drug-likeness (QED) is 0.229. The van der Waals surface area contributed by atoms with Crippen LogP contribution in [0.5, 0.6) is 11.5 Å². The van der Waals surface area contributed by atoms with Crippen molar-refractivity contribution < 1.29 is 18.7 Å². The van der Waals surface area contributed by atoms with Gasteiger partial charge in [0.05, 0.1) is 11.6 Å². The molecule has 0 aliphatic carbocycles. The Bertz CT molecular complexity index is 1100. The summed E-state index contributed by atoms with van der Waals surface area (Å²) in [4.78, 5) is 12.0. The highest BCUT2D eigenvalue weighted by molar-refractivity contribution is 5.89. The summed E-state index contributed by atoms with van der Waals surface area (Å²) in [5, 5.41) is 9.36. The Morgan fingerprint density at radius 1 is 1.03 bits per heavy atom. The SMILES string of the molecule is CCc1cccc(OCC(=O)Oc2ccc(/C=C(/C#N)c3ccccc3F)cc2)c1. The molecule has 3 aromatic rings. The van der Waals surface area contributed by atoms with Crippen molar-refractivity contribution in [1.82, 2.24) is 0 Å². The average Bonchev–Trinajstić information content (AvgIpc) is 2.78. The molecule has 0 fully saturated rings. The van der Waals surface area contributed by atoms with Gasteiger partial charge in [0.15, 0.2) is 6.61 Å². The molecule has 0 radical (unpaired) electrons. The predicted molar refractivity (Wildman–Crippen MR) is 113 cm³/mol. The van der Waals surface area contributed by atoms with E-state index in [2.05, 4.69) is 0 Å². The number of hydrogen-bond acceptors (Lipinski definition) is 4. The lowest BCUT2D eigenvalue weighted by Gasteiger charge is -2.08. The second-order valence-electron chi connectivity index (χ2n) is 6.48. The van der Waals surface area contributed by atoms with E-state index in [9.17, 15) is 14.4 Å². The van der Waals surface area contributed by atoms with E-state index in [0.29, 0.717) is 17.1 Å². The Morgan fingerprint density at radius 3 is 2.50 bits per heavy atom. The fourth-order valence-corrected chi connectivity index (χ4v) is 2.81. The topological polar surface area (TPSA) is 59.3 Å². The first kappa shape index (κ1) is 20.8. The molecule has 0 saturated heterocycles. The summed E-state index contributed by atoms with van der Waals surface area (Å²) < 4.78 is 24.7. The highest BCUT2D eigenvalue weighted by atomic mass is 19.1. The first-order valence-corrected chi connectivity index (χ1v) is 9.48. The van der Waals surface area contributed by atoms with Crippen molar-refractivity contribution in [1.29, 1.82) is 5.26 Å². The Balaban J connectivity index is 1.62. The maximum Gasteiger partial charge on any atom is 0.349 e. The van der Waals surface area contributed by atoms with Crippen LogP contribution in [0, 0.1) is 17.1 Å². The highest BCUT2D eigenvalue weighted by Crippen LogP contribution is 2.22. The molecule has 0 aliphatic rings. The van der Waals surface area contributed by atoms with Crippen molar-refractivity contribution in [3.63, 3.8) is 0 Å². The van der Waals surface area contributed by atoms with Gasteiger partial charge in [0.25, 0.3) is 0 Å². The summed E-state index contributed by atoms with van der Waals surface area (Å²) in [6, 6.07) is 22.3. The second-order valence-corrected chi connectivity index (χ2v) is 6.48. The zero-order valence-corrected chi connectivity index (χ0v) is 16.5. The molecule has 0 bridgehead atoms. The molecular formula is C25H20FNO3. The fourth-order valence-electron chi connectivity index (χ4n) is 2.81. The Labute approximate surface area is 174 Å². The van der Waals surface area contributed by atoms with Crippen molar-refractivity contribution in [3.05, 3.63) is 95.3 Å². The molecule has 0 unspecified atom stereocenters. The molecule has 0 aliphatic heterocycles. The maximum absolute atomic E-state index is 13.9. The van der Waals surface area contributed by atoms with Crippen LogP contribution < -0.4 is 9.47 Å². The third kappa shape index (κ3) is 5.55. The molecular weight excluding hydrogens is 381 g/mol. The lowest BCUT2D eigenvalue weighted by molar-refractivity contribution is -0.136. The first-order valence-electron chi connectivity index (χ1n) is 9.48. The van der Waals surface area contributed by atoms with Gasteiger partial charge in [-0.25, -0.2) is 9.18 Å². The van der Waals surface area contributed by atoms with Gasteiger partial charge in [-0.05, 0) is 54.0 Å². The van der Waals surface area contributed by atoms with Crippen molar-refractivity contribution in [2.45, 2.75) is 13.3 Å². The van der Waals surface area contributed by atoms with Gasteiger partial charge in [-0.2, -0.15) is 5.26 Å². The number of benzene rings is 3. The summed E-state index contributed by atoms with van der Waals surface area (Å²) in [5.41, 5.74) is 2.25. The summed E-state index contributed by atoms with van der Waals surface area (Å²) in [7, 11) is 0. The van der Waals surface area contributed by atoms with Gasteiger partial charge in [0.2, 0.25) is 0 Å². The van der Waals surface area contributed by atoms with Crippen LogP contribution in [0.25, 0.3) is 11.6 Å². The molecule has 0 heterocycles. The van der Waals surface area contributed by atoms with Gasteiger partial charge in [-0.3, -0.25) is 0 Å². The van der Waals surface area contributed by atoms with Crippen LogP contribution in [0.2, 0.25) is 0 Å². The smallest absolute Gasteiger partial charge is 0.349 e. The van der Waals surface area contributed by atoms with Crippen LogP contribution in [-0.4, -0.2) is 12.6 Å². The van der Waals surface area contributed by atoms with Crippen LogP contribution >= 0.6 is 0 Å². The first-order chi connectivity index (χ1) is 14.6. The van der Waals surface area contributed by atoms with Crippen LogP contribution in [0.1, 0.15) is 23.6 Å². The predicted octanol–water partition coefficient (Wildman–Crippen LogP) is 5.44. The number of rotatable bonds is 7. The summed E-state index contributed by atoms with van der Waals surface area (Å²) in [6.07, 6.45) is 2.46. The number of nitriles is 1. The number of nitrogens with zero attached hydrogens (tertiary/aromatic N) is 1. The molecule has 0 amide bonds. The van der Waals surface area contributed by atoms with Gasteiger partial charge >= 0.3 is 5.97 Å². The van der Waals surface area contributed by atoms with Crippen LogP contribution in [0.15, 0.2) is 72.8 Å². The van der Waals surface area contributed by atoms with Crippen molar-refractivity contribution in [2.24, 2.45) is 0 Å². The second kappa shape index (κ2) is 10.0. The van der Waals surface area contributed by atoms with Gasteiger partial charge in [0.1, 0.15) is 17.3 Å². The monoisotopic (exact) mass is 401 g/mol. The number of halogens is 1. The number of carbonyl (C=O) groups excluding carboxylic acids is 1. The largest absolute Gasteiger partial charge is 0.482 e. The molecule has 0 atom stereocenters. The van der Waals surface area contributed by atoms with Crippen molar-refractivity contribution in [3.8, 4) is 17.6 Å². The molecule has 150 valence electrons. The fraction of sp³-hybridized carbons (Fsp3) is 0.120. The van der Waals surface area contributed by atoms with Gasteiger partial charge in [-0.15, -0.1) is 0 Å². The molecule has 0 spiro atoms. The number of esters is 1. The third-order valence-corrected chi connectivity index (χ3v) is 4.37. The summed E-state index contributed by atoms with van der Waals surface area (Å²) in [6.45, 7) is 1.84. The Hall–Kier alpha value is -3.91. The summed E-state index contributed by atoms with van der Waals surface area (Å²) in [5.74, 6) is -0.0130. The zero-order chi connectivity index (χ0) is 21.3. The van der Waals surface area contributed by atoms with E-state index in [1.54, 1.807) is 54.6 Å². The van der Waals surface area contributed by atoms with E-state index in [1.165, 1.54) is 6.07 Å². The molecule has 30 heavy (non-hydrogen) atoms. The van der Waals surface area contributed by atoms with Crippen molar-refractivity contribution in [2.75, 3.05) is 6.61 Å². The number of hydrogen-bond donors (Lipinski definition) is 0. The number of allylic oxidation sites excluding steroid dienone is 1. The summed E-state index contributed by atoms with van der Waals surface area (Å²) >= 11 is 0. The minimum Gasteiger partial charge on any atom is -0.482 e. The minimum absolute atomic E-state index is 0.208. The third-order valence-electron chi connectivity index (χ3n) is 4.37. The van der Waals surface area contributed by atoms with Crippen molar-refractivity contribution >= 4 is 17.6 Å². The minimum atomic E-state index is -0.524. The molecule has 0 aromatic heterocycles. The van der Waals surface area contributed by atoms with E-state index in [1.807, 2.05) is 31.2 Å². The van der Waals surface area contributed by atoms with Gasteiger partial charge in [-0.1, -0.05) is 49.4 Å². The van der Waals surface area contributed by atoms with Crippen LogP contribution in [-0.2, 0) is 11.2 Å². The molecule has 0 saturated carbocycles. The Morgan fingerprint density at radius 2 is 1.80 bits per heavy atom. The molecule has 0 N–H and O–H groups in total. The molecule has 3 aromatic carbocycles. The van der Waals surface area contributed by atoms with E-state index < -0.39 is 11.8 Å². The normalized spacial score (nSPS) is 10.9. The maximum atomic E-state index is 13.9. The van der Waals surface area contributed by atoms with E-state index >= 15 is 0 Å². The van der Waals surface area contributed by atoms with Crippen LogP contribution in [0.3, 0.4) is 0 Å². The average molecular weight is 401 g/mol. The lowest BCUT2D eigenvalue weighted by Crippen LogP contribution is -2.17. The standard InChI is InChI=1S/C25H20FNO3/c1-2-18-6-5-7-22(15-18)29-17-25(28)30-21-12-10-19(11-13-21)14-20(16-27)23-8-3-4-9-24(23)26/h3-15H,2,17H2,1H3/b20-14-. The van der Waals surface area contributed by atoms with Gasteiger partial charge < -0.3 is 9.47 Å². The van der Waals surface area contributed by atoms with Gasteiger partial charge in [0, 0.05) is 5.56 Å². The Kier molecular flexibility index (Phi) is 6.96. The molecule has 5 heteroatoms. The van der Waals surface area contributed by atoms with E-state index in [0.717, 1.165) is 12.0 Å². The van der Waals surface area contributed by atoms with Crippen LogP contribution in [0.4, 0.5) is 4.39 Å². The van der Waals surface area contributed by atoms with E-state index in [4.69, 9.17) is 9.47 Å². The molecule has 3 rings (SSSR count). The number of carbonyl (C=O) groups is 1. The number of ether oxygens (including phenoxy) is 2. The molecule has 4 nitrogen and oxygen atoms in total. The highest BCUT2D eigenvalue weighted by Gasteiger charge is 2.09. The number of aryl methyl sites for hydroxylation is 1.